The van der Waals surface area contributed by atoms with Gasteiger partial charge in [0.15, 0.2) is 0 Å². The summed E-state index contributed by atoms with van der Waals surface area (Å²) in [6.07, 6.45) is 1.55. The van der Waals surface area contributed by atoms with Crippen molar-refractivity contribution in [3.05, 3.63) is 0 Å². The van der Waals surface area contributed by atoms with Gasteiger partial charge in [-0.05, 0) is 19.4 Å². The molecule has 21 heavy (non-hydrogen) atoms. The van der Waals surface area contributed by atoms with Crippen LogP contribution in [0.25, 0.3) is 0 Å². The Morgan fingerprint density at radius 1 is 1.33 bits per heavy atom. The minimum atomic E-state index is -0.271. The third kappa shape index (κ3) is 3.55. The molecule has 0 aliphatic carbocycles. The molecule has 0 radical (unpaired) electrons. The first-order valence-corrected chi connectivity index (χ1v) is 7.70. The second-order valence-electron chi connectivity index (χ2n) is 6.72. The lowest BCUT2D eigenvalue weighted by atomic mass is 9.90. The van der Waals surface area contributed by atoms with Gasteiger partial charge in [0, 0.05) is 20.0 Å². The second-order valence-corrected chi connectivity index (χ2v) is 6.72. The predicted octanol–water partition coefficient (Wildman–Crippen LogP) is 0.0802. The minimum Gasteiger partial charge on any atom is -0.368 e. The third-order valence-electron chi connectivity index (χ3n) is 4.41. The summed E-state index contributed by atoms with van der Waals surface area (Å²) in [6.45, 7) is 6.64. The highest BCUT2D eigenvalue weighted by Gasteiger charge is 2.50. The van der Waals surface area contributed by atoms with Crippen LogP contribution in [0.3, 0.4) is 0 Å². The summed E-state index contributed by atoms with van der Waals surface area (Å²) in [5.41, 5.74) is -0.271. The SMILES string of the molecule is CNC(=O)[C@H]1COC2(CN(C(=O)CCC(C)C)C2)CN1C. The molecule has 0 bridgehead atoms. The van der Waals surface area contributed by atoms with Crippen LogP contribution >= 0.6 is 0 Å². The molecule has 0 unspecified atom stereocenters. The molecule has 6 heteroatoms. The molecule has 0 saturated carbocycles. The molecule has 120 valence electrons. The van der Waals surface area contributed by atoms with Gasteiger partial charge >= 0.3 is 0 Å². The summed E-state index contributed by atoms with van der Waals surface area (Å²) in [6, 6.07) is -0.230. The number of nitrogens with one attached hydrogen (secondary N) is 1. The van der Waals surface area contributed by atoms with Crippen molar-refractivity contribution in [1.29, 1.82) is 0 Å². The van der Waals surface area contributed by atoms with Crippen molar-refractivity contribution in [3.8, 4) is 0 Å². The molecule has 1 spiro atoms. The second kappa shape index (κ2) is 6.32. The molecule has 1 atom stereocenters. The Hall–Kier alpha value is -1.14. The average molecular weight is 297 g/mol. The molecule has 0 aromatic carbocycles. The maximum atomic E-state index is 12.0. The van der Waals surface area contributed by atoms with Gasteiger partial charge in [0.05, 0.1) is 19.7 Å². The predicted molar refractivity (Wildman–Crippen MR) is 79.8 cm³/mol. The number of carbonyl (C=O) groups excluding carboxylic acids is 2. The van der Waals surface area contributed by atoms with E-state index in [1.165, 1.54) is 0 Å². The molecule has 2 aliphatic heterocycles. The number of likely N-dealkylation sites (tertiary alicyclic amines) is 1. The molecular formula is C15H27N3O3. The molecule has 2 amide bonds. The normalized spacial score (nSPS) is 25.0. The van der Waals surface area contributed by atoms with Crippen molar-refractivity contribution in [3.63, 3.8) is 0 Å². The van der Waals surface area contributed by atoms with Crippen molar-refractivity contribution in [2.75, 3.05) is 40.3 Å². The van der Waals surface area contributed by atoms with E-state index in [1.54, 1.807) is 7.05 Å². The molecule has 0 aromatic heterocycles. The monoisotopic (exact) mass is 297 g/mol. The largest absolute Gasteiger partial charge is 0.368 e. The molecule has 0 aromatic rings. The summed E-state index contributed by atoms with van der Waals surface area (Å²) < 4.78 is 5.92. The van der Waals surface area contributed by atoms with E-state index in [0.717, 1.165) is 6.42 Å². The van der Waals surface area contributed by atoms with E-state index < -0.39 is 0 Å². The van der Waals surface area contributed by atoms with Crippen LogP contribution < -0.4 is 5.32 Å². The van der Waals surface area contributed by atoms with E-state index in [4.69, 9.17) is 4.74 Å². The summed E-state index contributed by atoms with van der Waals surface area (Å²) >= 11 is 0. The number of nitrogens with zero attached hydrogens (tertiary/aromatic N) is 2. The summed E-state index contributed by atoms with van der Waals surface area (Å²) in [5.74, 6) is 0.750. The molecule has 2 fully saturated rings. The topological polar surface area (TPSA) is 61.9 Å². The van der Waals surface area contributed by atoms with Crippen LogP contribution in [0.2, 0.25) is 0 Å². The van der Waals surface area contributed by atoms with Gasteiger partial charge in [-0.3, -0.25) is 14.5 Å². The standard InChI is InChI=1S/C15H27N3O3/c1-11(2)5-6-13(19)18-9-15(10-18)8-17(4)12(7-21-15)14(20)16-3/h11-12H,5-10H2,1-4H3,(H,16,20)/t12-/m1/s1. The van der Waals surface area contributed by atoms with Gasteiger partial charge in [-0.1, -0.05) is 13.8 Å². The highest BCUT2D eigenvalue weighted by atomic mass is 16.5. The van der Waals surface area contributed by atoms with E-state index in [2.05, 4.69) is 19.2 Å². The summed E-state index contributed by atoms with van der Waals surface area (Å²) in [7, 11) is 3.58. The maximum absolute atomic E-state index is 12.0. The molecule has 2 aliphatic rings. The third-order valence-corrected chi connectivity index (χ3v) is 4.41. The lowest BCUT2D eigenvalue weighted by molar-refractivity contribution is -0.201. The molecular weight excluding hydrogens is 270 g/mol. The molecule has 2 saturated heterocycles. The Labute approximate surface area is 126 Å². The highest BCUT2D eigenvalue weighted by Crippen LogP contribution is 2.31. The zero-order valence-electron chi connectivity index (χ0n) is 13.5. The van der Waals surface area contributed by atoms with Gasteiger partial charge in [0.2, 0.25) is 11.8 Å². The number of ether oxygens (including phenoxy) is 1. The van der Waals surface area contributed by atoms with Crippen molar-refractivity contribution in [1.82, 2.24) is 15.1 Å². The van der Waals surface area contributed by atoms with Crippen LogP contribution in [0.15, 0.2) is 0 Å². The number of likely N-dealkylation sites (N-methyl/N-ethyl adjacent to an activating group) is 2. The first kappa shape index (κ1) is 16.2. The fraction of sp³-hybridized carbons (Fsp3) is 0.867. The Morgan fingerprint density at radius 2 is 2.00 bits per heavy atom. The molecule has 2 rings (SSSR count). The van der Waals surface area contributed by atoms with Gasteiger partial charge < -0.3 is 15.0 Å². The summed E-state index contributed by atoms with van der Waals surface area (Å²) in [4.78, 5) is 27.7. The Kier molecular flexibility index (Phi) is 4.88. The Balaban J connectivity index is 1.81. The Morgan fingerprint density at radius 3 is 2.52 bits per heavy atom. The van der Waals surface area contributed by atoms with Crippen molar-refractivity contribution >= 4 is 11.8 Å². The number of amides is 2. The summed E-state index contributed by atoms with van der Waals surface area (Å²) in [5, 5.41) is 2.66. The van der Waals surface area contributed by atoms with E-state index in [0.29, 0.717) is 38.6 Å². The molecule has 2 heterocycles. The van der Waals surface area contributed by atoms with Crippen molar-refractivity contribution < 1.29 is 14.3 Å². The first-order chi connectivity index (χ1) is 9.87. The van der Waals surface area contributed by atoms with Gasteiger partial charge in [-0.25, -0.2) is 0 Å². The van der Waals surface area contributed by atoms with Crippen LogP contribution in [0.1, 0.15) is 26.7 Å². The van der Waals surface area contributed by atoms with Crippen LogP contribution in [0.4, 0.5) is 0 Å². The smallest absolute Gasteiger partial charge is 0.239 e. The zero-order valence-corrected chi connectivity index (χ0v) is 13.5. The van der Waals surface area contributed by atoms with Crippen LogP contribution in [-0.4, -0.2) is 73.6 Å². The van der Waals surface area contributed by atoms with Crippen LogP contribution in [-0.2, 0) is 14.3 Å². The highest BCUT2D eigenvalue weighted by molar-refractivity contribution is 5.81. The lowest BCUT2D eigenvalue weighted by Crippen LogP contribution is -2.73. The number of carbonyl (C=O) groups is 2. The fourth-order valence-electron chi connectivity index (χ4n) is 3.02. The average Bonchev–Trinajstić information content (AvgIpc) is 2.41. The van der Waals surface area contributed by atoms with Crippen LogP contribution in [0.5, 0.6) is 0 Å². The van der Waals surface area contributed by atoms with Gasteiger partial charge in [0.1, 0.15) is 11.6 Å². The quantitative estimate of drug-likeness (QED) is 0.798. The lowest BCUT2D eigenvalue weighted by Gasteiger charge is -2.54. The number of hydrogen-bond acceptors (Lipinski definition) is 4. The van der Waals surface area contributed by atoms with E-state index in [1.807, 2.05) is 16.8 Å². The van der Waals surface area contributed by atoms with Crippen LogP contribution in [0, 0.1) is 5.92 Å². The molecule has 6 nitrogen and oxygen atoms in total. The van der Waals surface area contributed by atoms with Gasteiger partial charge in [-0.15, -0.1) is 0 Å². The number of hydrogen-bond donors (Lipinski definition) is 1. The molecule has 1 N–H and O–H groups in total. The number of rotatable bonds is 4. The Bertz CT molecular complexity index is 405. The first-order valence-electron chi connectivity index (χ1n) is 7.70. The van der Waals surface area contributed by atoms with Crippen molar-refractivity contribution in [2.45, 2.75) is 38.3 Å². The van der Waals surface area contributed by atoms with Gasteiger partial charge in [0.25, 0.3) is 0 Å². The minimum absolute atomic E-state index is 0.0171. The van der Waals surface area contributed by atoms with E-state index in [-0.39, 0.29) is 23.5 Å². The van der Waals surface area contributed by atoms with Crippen molar-refractivity contribution in [2.24, 2.45) is 5.92 Å². The zero-order chi connectivity index (χ0) is 15.6. The van der Waals surface area contributed by atoms with Gasteiger partial charge in [-0.2, -0.15) is 0 Å². The van der Waals surface area contributed by atoms with E-state index >= 15 is 0 Å². The fourth-order valence-corrected chi connectivity index (χ4v) is 3.02. The van der Waals surface area contributed by atoms with E-state index in [9.17, 15) is 9.59 Å². The number of morpholine rings is 1. The maximum Gasteiger partial charge on any atom is 0.239 e.